The molecule has 5 nitrogen and oxygen atoms in total. The van der Waals surface area contributed by atoms with Gasteiger partial charge >= 0.3 is 0 Å². The third-order valence-electron chi connectivity index (χ3n) is 4.69. The summed E-state index contributed by atoms with van der Waals surface area (Å²) in [5.41, 5.74) is 0.875. The van der Waals surface area contributed by atoms with E-state index in [1.54, 1.807) is 0 Å². The van der Waals surface area contributed by atoms with Crippen LogP contribution in [0.5, 0.6) is 0 Å². The highest BCUT2D eigenvalue weighted by atomic mass is 16.2. The molecule has 144 valence electrons. The quantitative estimate of drug-likeness (QED) is 0.879. The molecular formula is C21H33N3O2. The summed E-state index contributed by atoms with van der Waals surface area (Å²) < 4.78 is 0. The number of rotatable bonds is 5. The van der Waals surface area contributed by atoms with Crippen molar-refractivity contribution in [2.45, 2.75) is 52.0 Å². The van der Waals surface area contributed by atoms with Crippen molar-refractivity contribution in [2.24, 2.45) is 0 Å². The van der Waals surface area contributed by atoms with Crippen LogP contribution in [0.25, 0.3) is 0 Å². The Morgan fingerprint density at radius 2 is 1.77 bits per heavy atom. The zero-order valence-electron chi connectivity index (χ0n) is 16.6. The average molecular weight is 360 g/mol. The second kappa shape index (κ2) is 9.17. The second-order valence-corrected chi connectivity index (χ2v) is 8.12. The van der Waals surface area contributed by atoms with Gasteiger partial charge in [0.1, 0.15) is 0 Å². The number of nitrogens with one attached hydrogen (secondary N) is 1. The Labute approximate surface area is 157 Å². The Hall–Kier alpha value is -1.88. The van der Waals surface area contributed by atoms with Crippen molar-refractivity contribution in [3.8, 4) is 0 Å². The van der Waals surface area contributed by atoms with Crippen LogP contribution in [0.2, 0.25) is 0 Å². The SMILES string of the molecule is CC[C@@H](C(=O)N1CCCN(CC(=O)NC(C)(C)C)CC1)c1ccccc1. The van der Waals surface area contributed by atoms with Crippen LogP contribution in [0.4, 0.5) is 0 Å². The Morgan fingerprint density at radius 1 is 1.08 bits per heavy atom. The van der Waals surface area contributed by atoms with Crippen molar-refractivity contribution in [2.75, 3.05) is 32.7 Å². The summed E-state index contributed by atoms with van der Waals surface area (Å²) in [6.07, 6.45) is 1.71. The molecule has 2 amide bonds. The average Bonchev–Trinajstić information content (AvgIpc) is 2.80. The van der Waals surface area contributed by atoms with Gasteiger partial charge in [-0.2, -0.15) is 0 Å². The van der Waals surface area contributed by atoms with Gasteiger partial charge in [-0.15, -0.1) is 0 Å². The fourth-order valence-electron chi connectivity index (χ4n) is 3.47. The van der Waals surface area contributed by atoms with Gasteiger partial charge in [0.25, 0.3) is 0 Å². The van der Waals surface area contributed by atoms with E-state index in [0.717, 1.165) is 38.0 Å². The number of hydrogen-bond acceptors (Lipinski definition) is 3. The standard InChI is InChI=1S/C21H33N3O2/c1-5-18(17-10-7-6-8-11-17)20(26)24-13-9-12-23(14-15-24)16-19(25)22-21(2,3)4/h6-8,10-11,18H,5,9,12-16H2,1-4H3,(H,22,25)/t18-/m1/s1. The van der Waals surface area contributed by atoms with E-state index in [0.29, 0.717) is 13.1 Å². The third kappa shape index (κ3) is 6.13. The van der Waals surface area contributed by atoms with Crippen LogP contribution in [0.1, 0.15) is 52.0 Å². The van der Waals surface area contributed by atoms with E-state index >= 15 is 0 Å². The molecule has 1 atom stereocenters. The minimum Gasteiger partial charge on any atom is -0.350 e. The highest BCUT2D eigenvalue weighted by Gasteiger charge is 2.27. The normalized spacial score (nSPS) is 17.5. The van der Waals surface area contributed by atoms with Gasteiger partial charge in [0.05, 0.1) is 12.5 Å². The van der Waals surface area contributed by atoms with Crippen LogP contribution in [0.3, 0.4) is 0 Å². The molecule has 1 saturated heterocycles. The summed E-state index contributed by atoms with van der Waals surface area (Å²) in [4.78, 5) is 29.3. The van der Waals surface area contributed by atoms with Gasteiger partial charge in [0.15, 0.2) is 0 Å². The topological polar surface area (TPSA) is 52.7 Å². The smallest absolute Gasteiger partial charge is 0.234 e. The van der Waals surface area contributed by atoms with E-state index in [2.05, 4.69) is 17.1 Å². The van der Waals surface area contributed by atoms with Crippen LogP contribution in [-0.2, 0) is 9.59 Å². The Balaban J connectivity index is 1.93. The van der Waals surface area contributed by atoms with Crippen LogP contribution in [0, 0.1) is 0 Å². The summed E-state index contributed by atoms with van der Waals surface area (Å²) in [6.45, 7) is 11.5. The highest BCUT2D eigenvalue weighted by molar-refractivity contribution is 5.83. The van der Waals surface area contributed by atoms with Crippen molar-refractivity contribution in [1.82, 2.24) is 15.1 Å². The predicted molar refractivity (Wildman–Crippen MR) is 105 cm³/mol. The fraction of sp³-hybridized carbons (Fsp3) is 0.619. The molecular weight excluding hydrogens is 326 g/mol. The molecule has 1 heterocycles. The minimum atomic E-state index is -0.213. The maximum absolute atomic E-state index is 13.0. The van der Waals surface area contributed by atoms with Crippen LogP contribution >= 0.6 is 0 Å². The maximum atomic E-state index is 13.0. The lowest BCUT2D eigenvalue weighted by Gasteiger charge is -2.27. The van der Waals surface area contributed by atoms with E-state index in [9.17, 15) is 9.59 Å². The molecule has 0 spiro atoms. The van der Waals surface area contributed by atoms with Crippen LogP contribution < -0.4 is 5.32 Å². The molecule has 0 bridgehead atoms. The van der Waals surface area contributed by atoms with E-state index in [-0.39, 0.29) is 23.3 Å². The van der Waals surface area contributed by atoms with Crippen molar-refractivity contribution < 1.29 is 9.59 Å². The first kappa shape index (κ1) is 20.4. The van der Waals surface area contributed by atoms with Gasteiger partial charge < -0.3 is 10.2 Å². The van der Waals surface area contributed by atoms with Gasteiger partial charge in [-0.1, -0.05) is 37.3 Å². The second-order valence-electron chi connectivity index (χ2n) is 8.12. The summed E-state index contributed by atoms with van der Waals surface area (Å²) in [7, 11) is 0. The highest BCUT2D eigenvalue weighted by Crippen LogP contribution is 2.22. The first-order valence-electron chi connectivity index (χ1n) is 9.67. The summed E-state index contributed by atoms with van der Waals surface area (Å²) >= 11 is 0. The van der Waals surface area contributed by atoms with Gasteiger partial charge in [-0.05, 0) is 39.2 Å². The molecule has 2 rings (SSSR count). The molecule has 1 aliphatic rings. The van der Waals surface area contributed by atoms with E-state index < -0.39 is 0 Å². The molecule has 5 heteroatoms. The molecule has 1 aromatic rings. The maximum Gasteiger partial charge on any atom is 0.234 e. The molecule has 0 aromatic heterocycles. The zero-order chi connectivity index (χ0) is 19.2. The first-order chi connectivity index (χ1) is 12.3. The number of benzene rings is 1. The monoisotopic (exact) mass is 359 g/mol. The Kier molecular flexibility index (Phi) is 7.21. The lowest BCUT2D eigenvalue weighted by atomic mass is 9.95. The van der Waals surface area contributed by atoms with Crippen molar-refractivity contribution >= 4 is 11.8 Å². The van der Waals surface area contributed by atoms with Gasteiger partial charge in [-0.3, -0.25) is 14.5 Å². The van der Waals surface area contributed by atoms with E-state index in [1.807, 2.05) is 56.0 Å². The molecule has 1 aliphatic heterocycles. The first-order valence-corrected chi connectivity index (χ1v) is 9.67. The number of carbonyl (C=O) groups excluding carboxylic acids is 2. The van der Waals surface area contributed by atoms with Crippen molar-refractivity contribution in [3.63, 3.8) is 0 Å². The number of amides is 2. The molecule has 1 aromatic carbocycles. The molecule has 0 unspecified atom stereocenters. The number of hydrogen-bond donors (Lipinski definition) is 1. The molecule has 26 heavy (non-hydrogen) atoms. The van der Waals surface area contributed by atoms with Gasteiger partial charge in [0.2, 0.25) is 11.8 Å². The van der Waals surface area contributed by atoms with Crippen LogP contribution in [-0.4, -0.2) is 59.9 Å². The summed E-state index contributed by atoms with van der Waals surface area (Å²) in [5, 5.41) is 3.01. The third-order valence-corrected chi connectivity index (χ3v) is 4.69. The zero-order valence-corrected chi connectivity index (χ0v) is 16.6. The van der Waals surface area contributed by atoms with Crippen molar-refractivity contribution in [1.29, 1.82) is 0 Å². The molecule has 0 saturated carbocycles. The Morgan fingerprint density at radius 3 is 2.38 bits per heavy atom. The number of nitrogens with zero attached hydrogens (tertiary/aromatic N) is 2. The van der Waals surface area contributed by atoms with E-state index in [4.69, 9.17) is 0 Å². The number of carbonyl (C=O) groups is 2. The van der Waals surface area contributed by atoms with Crippen LogP contribution in [0.15, 0.2) is 30.3 Å². The molecule has 1 N–H and O–H groups in total. The van der Waals surface area contributed by atoms with Gasteiger partial charge in [0, 0.05) is 31.7 Å². The largest absolute Gasteiger partial charge is 0.350 e. The predicted octanol–water partition coefficient (Wildman–Crippen LogP) is 2.63. The fourth-order valence-corrected chi connectivity index (χ4v) is 3.47. The lowest BCUT2D eigenvalue weighted by Crippen LogP contribution is -2.46. The summed E-state index contributed by atoms with van der Waals surface area (Å²) in [5.74, 6) is 0.180. The van der Waals surface area contributed by atoms with Crippen molar-refractivity contribution in [3.05, 3.63) is 35.9 Å². The van der Waals surface area contributed by atoms with Gasteiger partial charge in [-0.25, -0.2) is 0 Å². The minimum absolute atomic E-state index is 0.0491. The Bertz CT molecular complexity index is 595. The van der Waals surface area contributed by atoms with E-state index in [1.165, 1.54) is 0 Å². The molecule has 0 aliphatic carbocycles. The molecule has 0 radical (unpaired) electrons. The summed E-state index contributed by atoms with van der Waals surface area (Å²) in [6, 6.07) is 10.0. The molecule has 1 fully saturated rings. The lowest BCUT2D eigenvalue weighted by molar-refractivity contribution is -0.132.